The number of hydrogen-bond donors (Lipinski definition) is 1. The highest BCUT2D eigenvalue weighted by Gasteiger charge is 1.95. The van der Waals surface area contributed by atoms with Gasteiger partial charge in [0.25, 0.3) is 0 Å². The molecule has 3 heteroatoms. The summed E-state index contributed by atoms with van der Waals surface area (Å²) in [7, 11) is 0. The molecule has 1 heterocycles. The fourth-order valence-electron chi connectivity index (χ4n) is 1.45. The molecule has 2 rings (SSSR count). The van der Waals surface area contributed by atoms with E-state index in [0.717, 1.165) is 12.4 Å². The zero-order chi connectivity index (χ0) is 11.2. The Morgan fingerprint density at radius 2 is 1.69 bits per heavy atom. The van der Waals surface area contributed by atoms with Gasteiger partial charge in [-0.25, -0.2) is 9.97 Å². The molecule has 0 amide bonds. The Hall–Kier alpha value is -1.74. The zero-order valence-corrected chi connectivity index (χ0v) is 9.35. The SMILES string of the molecule is Cc1ccc(CNCc2ncccn2)cc1. The molecule has 1 aromatic carbocycles. The molecule has 0 fully saturated rings. The van der Waals surface area contributed by atoms with E-state index in [0.29, 0.717) is 6.54 Å². The van der Waals surface area contributed by atoms with Crippen LogP contribution in [0.3, 0.4) is 0 Å². The molecule has 0 spiro atoms. The number of aryl methyl sites for hydroxylation is 1. The molecule has 0 saturated heterocycles. The fraction of sp³-hybridized carbons (Fsp3) is 0.231. The molecule has 0 aliphatic heterocycles. The van der Waals surface area contributed by atoms with Crippen molar-refractivity contribution in [3.63, 3.8) is 0 Å². The second-order valence-corrected chi connectivity index (χ2v) is 3.75. The first-order chi connectivity index (χ1) is 7.84. The summed E-state index contributed by atoms with van der Waals surface area (Å²) in [5.41, 5.74) is 2.57. The van der Waals surface area contributed by atoms with Gasteiger partial charge in [-0.05, 0) is 18.6 Å². The molecule has 2 aromatic rings. The first kappa shape index (κ1) is 10.8. The zero-order valence-electron chi connectivity index (χ0n) is 9.35. The van der Waals surface area contributed by atoms with Crippen LogP contribution in [0.5, 0.6) is 0 Å². The molecule has 0 atom stereocenters. The monoisotopic (exact) mass is 213 g/mol. The quantitative estimate of drug-likeness (QED) is 0.845. The van der Waals surface area contributed by atoms with Gasteiger partial charge in [0.15, 0.2) is 0 Å². The van der Waals surface area contributed by atoms with Gasteiger partial charge in [0.05, 0.1) is 6.54 Å². The molecule has 82 valence electrons. The predicted molar refractivity (Wildman–Crippen MR) is 63.8 cm³/mol. The topological polar surface area (TPSA) is 37.8 Å². The molecule has 16 heavy (non-hydrogen) atoms. The lowest BCUT2D eigenvalue weighted by molar-refractivity contribution is 0.662. The van der Waals surface area contributed by atoms with Gasteiger partial charge in [0.1, 0.15) is 5.82 Å². The molecule has 0 aliphatic carbocycles. The molecule has 0 radical (unpaired) electrons. The minimum atomic E-state index is 0.703. The highest BCUT2D eigenvalue weighted by atomic mass is 14.9. The van der Waals surface area contributed by atoms with E-state index in [-0.39, 0.29) is 0 Å². The standard InChI is InChI=1S/C13H15N3/c1-11-3-5-12(6-4-11)9-14-10-13-15-7-2-8-16-13/h2-8,14H,9-10H2,1H3. The minimum absolute atomic E-state index is 0.703. The third-order valence-electron chi connectivity index (χ3n) is 2.35. The van der Waals surface area contributed by atoms with Gasteiger partial charge in [-0.1, -0.05) is 29.8 Å². The van der Waals surface area contributed by atoms with Gasteiger partial charge in [-0.15, -0.1) is 0 Å². The van der Waals surface area contributed by atoms with Crippen LogP contribution in [0.1, 0.15) is 17.0 Å². The van der Waals surface area contributed by atoms with Crippen molar-refractivity contribution in [2.75, 3.05) is 0 Å². The minimum Gasteiger partial charge on any atom is -0.306 e. The normalized spacial score (nSPS) is 10.3. The van der Waals surface area contributed by atoms with E-state index in [4.69, 9.17) is 0 Å². The van der Waals surface area contributed by atoms with Gasteiger partial charge < -0.3 is 5.32 Å². The molecule has 0 aliphatic rings. The molecule has 1 N–H and O–H groups in total. The van der Waals surface area contributed by atoms with Crippen molar-refractivity contribution in [1.29, 1.82) is 0 Å². The van der Waals surface area contributed by atoms with E-state index in [1.54, 1.807) is 12.4 Å². The highest BCUT2D eigenvalue weighted by molar-refractivity contribution is 5.21. The first-order valence-corrected chi connectivity index (χ1v) is 5.37. The number of nitrogens with one attached hydrogen (secondary N) is 1. The largest absolute Gasteiger partial charge is 0.306 e. The van der Waals surface area contributed by atoms with Crippen LogP contribution in [0.4, 0.5) is 0 Å². The summed E-state index contributed by atoms with van der Waals surface area (Å²) in [6.07, 6.45) is 3.52. The summed E-state index contributed by atoms with van der Waals surface area (Å²) in [5.74, 6) is 0.828. The molecule has 0 unspecified atom stereocenters. The van der Waals surface area contributed by atoms with Crippen molar-refractivity contribution in [1.82, 2.24) is 15.3 Å². The number of hydrogen-bond acceptors (Lipinski definition) is 3. The van der Waals surface area contributed by atoms with Gasteiger partial charge >= 0.3 is 0 Å². The summed E-state index contributed by atoms with van der Waals surface area (Å²) < 4.78 is 0. The van der Waals surface area contributed by atoms with Gasteiger partial charge in [0.2, 0.25) is 0 Å². The Bertz CT molecular complexity index is 423. The Morgan fingerprint density at radius 1 is 1.00 bits per heavy atom. The van der Waals surface area contributed by atoms with Crippen LogP contribution in [0, 0.1) is 6.92 Å². The van der Waals surface area contributed by atoms with Crippen molar-refractivity contribution in [2.24, 2.45) is 0 Å². The predicted octanol–water partition coefficient (Wildman–Crippen LogP) is 2.07. The molecule has 3 nitrogen and oxygen atoms in total. The van der Waals surface area contributed by atoms with Crippen molar-refractivity contribution < 1.29 is 0 Å². The summed E-state index contributed by atoms with van der Waals surface area (Å²) >= 11 is 0. The van der Waals surface area contributed by atoms with Crippen LogP contribution in [0.15, 0.2) is 42.7 Å². The Morgan fingerprint density at radius 3 is 2.38 bits per heavy atom. The first-order valence-electron chi connectivity index (χ1n) is 5.37. The maximum absolute atomic E-state index is 4.15. The van der Waals surface area contributed by atoms with Crippen LogP contribution in [0.25, 0.3) is 0 Å². The average Bonchev–Trinajstić information content (AvgIpc) is 2.33. The van der Waals surface area contributed by atoms with Crippen molar-refractivity contribution >= 4 is 0 Å². The summed E-state index contributed by atoms with van der Waals surface area (Å²) in [4.78, 5) is 8.30. The molecule has 0 saturated carbocycles. The Balaban J connectivity index is 1.82. The van der Waals surface area contributed by atoms with Gasteiger partial charge in [-0.2, -0.15) is 0 Å². The smallest absolute Gasteiger partial charge is 0.141 e. The number of benzene rings is 1. The molecular weight excluding hydrogens is 198 g/mol. The number of aromatic nitrogens is 2. The lowest BCUT2D eigenvalue weighted by Gasteiger charge is -2.04. The lowest BCUT2D eigenvalue weighted by atomic mass is 10.1. The molecule has 1 aromatic heterocycles. The van der Waals surface area contributed by atoms with E-state index < -0.39 is 0 Å². The second-order valence-electron chi connectivity index (χ2n) is 3.75. The lowest BCUT2D eigenvalue weighted by Crippen LogP contribution is -2.14. The molecular formula is C13H15N3. The van der Waals surface area contributed by atoms with E-state index in [1.807, 2.05) is 6.07 Å². The fourth-order valence-corrected chi connectivity index (χ4v) is 1.45. The maximum Gasteiger partial charge on any atom is 0.141 e. The molecule has 0 bridgehead atoms. The van der Waals surface area contributed by atoms with Crippen molar-refractivity contribution in [3.05, 3.63) is 59.7 Å². The van der Waals surface area contributed by atoms with Crippen LogP contribution in [-0.4, -0.2) is 9.97 Å². The van der Waals surface area contributed by atoms with Gasteiger partial charge in [0, 0.05) is 18.9 Å². The van der Waals surface area contributed by atoms with Crippen LogP contribution in [-0.2, 0) is 13.1 Å². The van der Waals surface area contributed by atoms with Crippen LogP contribution < -0.4 is 5.32 Å². The van der Waals surface area contributed by atoms with E-state index in [2.05, 4.69) is 46.5 Å². The van der Waals surface area contributed by atoms with E-state index >= 15 is 0 Å². The van der Waals surface area contributed by atoms with Crippen LogP contribution >= 0.6 is 0 Å². The van der Waals surface area contributed by atoms with Crippen molar-refractivity contribution in [2.45, 2.75) is 20.0 Å². The van der Waals surface area contributed by atoms with Gasteiger partial charge in [-0.3, -0.25) is 0 Å². The summed E-state index contributed by atoms with van der Waals surface area (Å²) in [6.45, 7) is 3.64. The maximum atomic E-state index is 4.15. The average molecular weight is 213 g/mol. The van der Waals surface area contributed by atoms with E-state index in [1.165, 1.54) is 11.1 Å². The van der Waals surface area contributed by atoms with Crippen LogP contribution in [0.2, 0.25) is 0 Å². The highest BCUT2D eigenvalue weighted by Crippen LogP contribution is 2.02. The van der Waals surface area contributed by atoms with Crippen molar-refractivity contribution in [3.8, 4) is 0 Å². The Labute approximate surface area is 95.6 Å². The third kappa shape index (κ3) is 3.14. The third-order valence-corrected chi connectivity index (χ3v) is 2.35. The number of rotatable bonds is 4. The van der Waals surface area contributed by atoms with E-state index in [9.17, 15) is 0 Å². The second kappa shape index (κ2) is 5.37. The number of nitrogens with zero attached hydrogens (tertiary/aromatic N) is 2. The summed E-state index contributed by atoms with van der Waals surface area (Å²) in [5, 5.41) is 3.31. The summed E-state index contributed by atoms with van der Waals surface area (Å²) in [6, 6.07) is 10.3. The Kier molecular flexibility index (Phi) is 3.62.